The van der Waals surface area contributed by atoms with Crippen LogP contribution in [0.25, 0.3) is 0 Å². The summed E-state index contributed by atoms with van der Waals surface area (Å²) in [6.07, 6.45) is 5.12. The van der Waals surface area contributed by atoms with E-state index in [0.717, 1.165) is 37.7 Å². The number of halogens is 2. The fourth-order valence-electron chi connectivity index (χ4n) is 1.91. The summed E-state index contributed by atoms with van der Waals surface area (Å²) in [5.41, 5.74) is 11.0. The Balaban J connectivity index is 2.12. The molecular formula is C14H19Cl2N3OS. The SMILES string of the molecule is NC(=S)NNC(=O)CCCCCCc1c(Cl)cccc1Cl. The Morgan fingerprint density at radius 1 is 1.10 bits per heavy atom. The van der Waals surface area contributed by atoms with Crippen molar-refractivity contribution >= 4 is 46.4 Å². The highest BCUT2D eigenvalue weighted by Crippen LogP contribution is 2.26. The molecule has 1 rings (SSSR count). The number of carbonyl (C=O) groups excluding carboxylic acids is 1. The Bertz CT molecular complexity index is 477. The number of hydrogen-bond donors (Lipinski definition) is 3. The third-order valence-corrected chi connectivity index (χ3v) is 3.78. The van der Waals surface area contributed by atoms with Crippen molar-refractivity contribution in [1.29, 1.82) is 0 Å². The van der Waals surface area contributed by atoms with E-state index in [4.69, 9.17) is 28.9 Å². The summed E-state index contributed by atoms with van der Waals surface area (Å²) in [5.74, 6) is -0.114. The summed E-state index contributed by atoms with van der Waals surface area (Å²) in [5, 5.41) is 1.48. The Kier molecular flexibility index (Phi) is 8.42. The second kappa shape index (κ2) is 9.82. The maximum Gasteiger partial charge on any atom is 0.238 e. The lowest BCUT2D eigenvalue weighted by Gasteiger charge is -2.07. The van der Waals surface area contributed by atoms with E-state index in [2.05, 4.69) is 23.1 Å². The molecule has 0 fully saturated rings. The second-order valence-electron chi connectivity index (χ2n) is 4.65. The van der Waals surface area contributed by atoms with Gasteiger partial charge in [-0.05, 0) is 49.2 Å². The van der Waals surface area contributed by atoms with Gasteiger partial charge in [0.2, 0.25) is 5.91 Å². The number of benzene rings is 1. The molecule has 116 valence electrons. The molecule has 0 aliphatic rings. The summed E-state index contributed by atoms with van der Waals surface area (Å²) < 4.78 is 0. The highest BCUT2D eigenvalue weighted by molar-refractivity contribution is 7.80. The summed E-state index contributed by atoms with van der Waals surface area (Å²) in [6.45, 7) is 0. The average Bonchev–Trinajstić information content (AvgIpc) is 2.43. The van der Waals surface area contributed by atoms with Crippen LogP contribution < -0.4 is 16.6 Å². The van der Waals surface area contributed by atoms with E-state index in [1.54, 1.807) is 0 Å². The van der Waals surface area contributed by atoms with Gasteiger partial charge < -0.3 is 5.73 Å². The normalized spacial score (nSPS) is 10.2. The summed E-state index contributed by atoms with van der Waals surface area (Å²) in [4.78, 5) is 11.4. The van der Waals surface area contributed by atoms with Crippen LogP contribution in [0.1, 0.15) is 37.7 Å². The van der Waals surface area contributed by atoms with Gasteiger partial charge in [0.25, 0.3) is 0 Å². The van der Waals surface area contributed by atoms with Gasteiger partial charge in [0.05, 0.1) is 0 Å². The van der Waals surface area contributed by atoms with Crippen LogP contribution in [0.3, 0.4) is 0 Å². The minimum absolute atomic E-state index is 0.0555. The lowest BCUT2D eigenvalue weighted by atomic mass is 10.1. The van der Waals surface area contributed by atoms with Crippen molar-refractivity contribution in [1.82, 2.24) is 10.9 Å². The smallest absolute Gasteiger partial charge is 0.238 e. The monoisotopic (exact) mass is 347 g/mol. The van der Waals surface area contributed by atoms with Crippen molar-refractivity contribution < 1.29 is 4.79 Å². The van der Waals surface area contributed by atoms with Crippen molar-refractivity contribution in [2.24, 2.45) is 5.73 Å². The van der Waals surface area contributed by atoms with Gasteiger partial charge in [-0.1, -0.05) is 42.1 Å². The van der Waals surface area contributed by atoms with Gasteiger partial charge in [-0.2, -0.15) is 0 Å². The Hall–Kier alpha value is -1.04. The van der Waals surface area contributed by atoms with E-state index in [9.17, 15) is 4.79 Å². The van der Waals surface area contributed by atoms with Crippen LogP contribution in [-0.4, -0.2) is 11.0 Å². The molecule has 7 heteroatoms. The third-order valence-electron chi connectivity index (χ3n) is 2.97. The molecule has 0 saturated heterocycles. The molecule has 0 radical (unpaired) electrons. The van der Waals surface area contributed by atoms with Crippen molar-refractivity contribution in [2.45, 2.75) is 38.5 Å². The molecular weight excluding hydrogens is 329 g/mol. The molecule has 0 unspecified atom stereocenters. The van der Waals surface area contributed by atoms with Crippen LogP contribution in [0, 0.1) is 0 Å². The Labute approximate surface area is 140 Å². The van der Waals surface area contributed by atoms with Gasteiger partial charge >= 0.3 is 0 Å². The van der Waals surface area contributed by atoms with Gasteiger partial charge in [0, 0.05) is 16.5 Å². The second-order valence-corrected chi connectivity index (χ2v) is 5.91. The number of hydrogen-bond acceptors (Lipinski definition) is 2. The first kappa shape index (κ1) is 18.0. The summed E-state index contributed by atoms with van der Waals surface area (Å²) >= 11 is 16.8. The van der Waals surface area contributed by atoms with E-state index in [0.29, 0.717) is 16.5 Å². The van der Waals surface area contributed by atoms with E-state index in [1.807, 2.05) is 18.2 Å². The quantitative estimate of drug-likeness (QED) is 0.402. The number of unbranched alkanes of at least 4 members (excludes halogenated alkanes) is 3. The van der Waals surface area contributed by atoms with Gasteiger partial charge in [-0.15, -0.1) is 0 Å². The van der Waals surface area contributed by atoms with Crippen LogP contribution >= 0.6 is 35.4 Å². The predicted molar refractivity (Wildman–Crippen MR) is 91.3 cm³/mol. The molecule has 0 spiro atoms. The topological polar surface area (TPSA) is 67.2 Å². The minimum atomic E-state index is -0.114. The molecule has 4 N–H and O–H groups in total. The molecule has 1 aromatic carbocycles. The van der Waals surface area contributed by atoms with Gasteiger partial charge in [0.15, 0.2) is 5.11 Å². The fourth-order valence-corrected chi connectivity index (χ4v) is 2.54. The zero-order valence-electron chi connectivity index (χ0n) is 11.6. The highest BCUT2D eigenvalue weighted by Gasteiger charge is 2.05. The molecule has 0 aliphatic heterocycles. The minimum Gasteiger partial charge on any atom is -0.375 e. The molecule has 0 bridgehead atoms. The zero-order valence-corrected chi connectivity index (χ0v) is 14.0. The third kappa shape index (κ3) is 7.50. The average molecular weight is 348 g/mol. The van der Waals surface area contributed by atoms with Crippen LogP contribution in [-0.2, 0) is 11.2 Å². The number of thiocarbonyl (C=S) groups is 1. The van der Waals surface area contributed by atoms with E-state index in [-0.39, 0.29) is 11.0 Å². The number of amides is 1. The van der Waals surface area contributed by atoms with Crippen molar-refractivity contribution in [3.63, 3.8) is 0 Å². The number of nitrogens with one attached hydrogen (secondary N) is 2. The number of carbonyl (C=O) groups is 1. The van der Waals surface area contributed by atoms with Crippen LogP contribution in [0.15, 0.2) is 18.2 Å². The van der Waals surface area contributed by atoms with Crippen molar-refractivity contribution in [3.05, 3.63) is 33.8 Å². The first-order valence-electron chi connectivity index (χ1n) is 6.78. The standard InChI is InChI=1S/C14H19Cl2N3OS/c15-11-7-5-8-12(16)10(11)6-3-1-2-4-9-13(20)18-19-14(17)21/h5,7-8H,1-4,6,9H2,(H,18,20)(H3,17,19,21). The first-order valence-corrected chi connectivity index (χ1v) is 7.94. The number of rotatable bonds is 7. The van der Waals surface area contributed by atoms with E-state index >= 15 is 0 Å². The molecule has 0 aliphatic carbocycles. The molecule has 1 amide bonds. The van der Waals surface area contributed by atoms with E-state index < -0.39 is 0 Å². The number of hydrazine groups is 1. The first-order chi connectivity index (χ1) is 10.0. The van der Waals surface area contributed by atoms with Crippen molar-refractivity contribution in [3.8, 4) is 0 Å². The lowest BCUT2D eigenvalue weighted by molar-refractivity contribution is -0.121. The van der Waals surface area contributed by atoms with Gasteiger partial charge in [-0.25, -0.2) is 0 Å². The molecule has 4 nitrogen and oxygen atoms in total. The number of nitrogens with two attached hydrogens (primary N) is 1. The summed E-state index contributed by atoms with van der Waals surface area (Å²) in [6, 6.07) is 5.54. The molecule has 0 saturated carbocycles. The fraction of sp³-hybridized carbons (Fsp3) is 0.429. The van der Waals surface area contributed by atoms with E-state index in [1.165, 1.54) is 0 Å². The Morgan fingerprint density at radius 2 is 1.71 bits per heavy atom. The predicted octanol–water partition coefficient (Wildman–Crippen LogP) is 3.35. The maximum absolute atomic E-state index is 11.4. The lowest BCUT2D eigenvalue weighted by Crippen LogP contribution is -2.44. The highest BCUT2D eigenvalue weighted by atomic mass is 35.5. The molecule has 21 heavy (non-hydrogen) atoms. The van der Waals surface area contributed by atoms with Crippen LogP contribution in [0.2, 0.25) is 10.0 Å². The molecule has 0 aromatic heterocycles. The maximum atomic E-state index is 11.4. The van der Waals surface area contributed by atoms with Crippen molar-refractivity contribution in [2.75, 3.05) is 0 Å². The van der Waals surface area contributed by atoms with Crippen LogP contribution in [0.4, 0.5) is 0 Å². The largest absolute Gasteiger partial charge is 0.375 e. The molecule has 1 aromatic rings. The zero-order chi connectivity index (χ0) is 15.7. The molecule has 0 atom stereocenters. The van der Waals surface area contributed by atoms with Crippen LogP contribution in [0.5, 0.6) is 0 Å². The van der Waals surface area contributed by atoms with Gasteiger partial charge in [0.1, 0.15) is 0 Å². The summed E-state index contributed by atoms with van der Waals surface area (Å²) in [7, 11) is 0. The Morgan fingerprint density at radius 3 is 2.33 bits per heavy atom. The van der Waals surface area contributed by atoms with Gasteiger partial charge in [-0.3, -0.25) is 15.6 Å². The molecule has 0 heterocycles.